The molecule has 0 saturated carbocycles. The van der Waals surface area contributed by atoms with Gasteiger partial charge in [-0.3, -0.25) is 0 Å². The van der Waals surface area contributed by atoms with Crippen LogP contribution < -0.4 is 5.32 Å². The first kappa shape index (κ1) is 20.6. The van der Waals surface area contributed by atoms with E-state index in [1.54, 1.807) is 0 Å². The summed E-state index contributed by atoms with van der Waals surface area (Å²) in [6.07, 6.45) is 1.15. The zero-order chi connectivity index (χ0) is 11.2. The van der Waals surface area contributed by atoms with Crippen LogP contribution in [0.4, 0.5) is 0 Å². The third-order valence-electron chi connectivity index (χ3n) is 3.98. The Morgan fingerprint density at radius 2 is 1.44 bits per heavy atom. The fourth-order valence-corrected chi connectivity index (χ4v) is 2.69. The summed E-state index contributed by atoms with van der Waals surface area (Å²) in [5.41, 5.74) is 8.78. The summed E-state index contributed by atoms with van der Waals surface area (Å²) in [7, 11) is 0. The van der Waals surface area contributed by atoms with Gasteiger partial charge in [0.05, 0.1) is 0 Å². The molecule has 1 aliphatic rings. The third-order valence-corrected chi connectivity index (χ3v) is 3.98. The Bertz CT molecular complexity index is 410. The second kappa shape index (κ2) is 7.77. The maximum absolute atomic E-state index is 4.20. The number of nitrogens with one attached hydrogen (secondary N) is 1. The molecule has 2 heteroatoms. The minimum Gasteiger partial charge on any atom is -0.339 e. The fourth-order valence-electron chi connectivity index (χ4n) is 2.69. The van der Waals surface area contributed by atoms with Gasteiger partial charge in [-0.2, -0.15) is 0 Å². The van der Waals surface area contributed by atoms with Gasteiger partial charge in [-0.1, -0.05) is 26.5 Å². The van der Waals surface area contributed by atoms with Gasteiger partial charge in [-0.25, -0.2) is 0 Å². The van der Waals surface area contributed by atoms with Crippen LogP contribution >= 0.6 is 0 Å². The normalized spacial score (nSPS) is 16.8. The van der Waals surface area contributed by atoms with E-state index in [-0.39, 0.29) is 53.6 Å². The van der Waals surface area contributed by atoms with Crippen molar-refractivity contribution in [2.45, 2.75) is 55.0 Å². The van der Waals surface area contributed by atoms with Crippen LogP contribution in [0.5, 0.6) is 0 Å². The fraction of sp³-hybridized carbons (Fsp3) is 0.562. The van der Waals surface area contributed by atoms with Crippen molar-refractivity contribution < 1.29 is 32.7 Å². The number of rotatable bonds is 0. The molecule has 101 valence electrons. The van der Waals surface area contributed by atoms with Gasteiger partial charge < -0.3 is 12.2 Å². The summed E-state index contributed by atoms with van der Waals surface area (Å²) in [5, 5.41) is 3.44. The Morgan fingerprint density at radius 3 is 2.00 bits per heavy atom. The van der Waals surface area contributed by atoms with Crippen LogP contribution in [0.2, 0.25) is 0 Å². The molecule has 1 radical (unpaired) electrons. The van der Waals surface area contributed by atoms with E-state index in [4.69, 9.17) is 0 Å². The Kier molecular flexibility index (Phi) is 8.89. The maximum atomic E-state index is 4.20. The van der Waals surface area contributed by atoms with E-state index < -0.39 is 0 Å². The smallest absolute Gasteiger partial charge is 0 e. The molecule has 0 aliphatic carbocycles. The maximum Gasteiger partial charge on any atom is 0 e. The zero-order valence-electron chi connectivity index (χ0n) is 10.8. The van der Waals surface area contributed by atoms with E-state index in [9.17, 15) is 0 Å². The van der Waals surface area contributed by atoms with Crippen molar-refractivity contribution in [3.05, 3.63) is 40.3 Å². The standard InChI is InChI=1S/C14H20N.2CH4.Y/c1-8-9(2)11(4)14-12(5)15-7-6-13(14)10(8)3;;;/h12,15H,5-7H2,1-4H3;2*1H4;/q-1;;;/t12-;;;/m0.../s1. The van der Waals surface area contributed by atoms with Crippen LogP contribution in [0, 0.1) is 34.6 Å². The molecule has 0 saturated heterocycles. The van der Waals surface area contributed by atoms with Crippen molar-refractivity contribution in [2.75, 3.05) is 6.54 Å². The van der Waals surface area contributed by atoms with E-state index in [1.807, 2.05) is 0 Å². The third kappa shape index (κ3) is 3.24. The van der Waals surface area contributed by atoms with Crippen LogP contribution in [-0.2, 0) is 39.1 Å². The zero-order valence-corrected chi connectivity index (χ0v) is 13.6. The Labute approximate surface area is 139 Å². The van der Waals surface area contributed by atoms with Crippen LogP contribution in [0.25, 0.3) is 0 Å². The summed E-state index contributed by atoms with van der Waals surface area (Å²) < 4.78 is 0. The molecule has 1 atom stereocenters. The largest absolute Gasteiger partial charge is 0.339 e. The average Bonchev–Trinajstić information content (AvgIpc) is 2.23. The van der Waals surface area contributed by atoms with E-state index in [1.165, 1.54) is 33.4 Å². The molecule has 0 amide bonds. The number of fused-ring (bicyclic) bond motifs is 1. The Hall–Kier alpha value is 0.284. The van der Waals surface area contributed by atoms with Gasteiger partial charge in [-0.05, 0) is 68.5 Å². The van der Waals surface area contributed by atoms with Gasteiger partial charge in [0.2, 0.25) is 0 Å². The number of hydrogen-bond donors (Lipinski definition) is 1. The molecule has 0 bridgehead atoms. The van der Waals surface area contributed by atoms with Crippen molar-refractivity contribution >= 4 is 0 Å². The first-order valence-corrected chi connectivity index (χ1v) is 5.69. The van der Waals surface area contributed by atoms with Crippen LogP contribution in [-0.4, -0.2) is 6.54 Å². The molecule has 2 rings (SSSR count). The minimum atomic E-state index is 0. The monoisotopic (exact) mass is 323 g/mol. The van der Waals surface area contributed by atoms with Crippen LogP contribution in [0.1, 0.15) is 54.3 Å². The molecule has 1 aromatic carbocycles. The average molecular weight is 323 g/mol. The minimum absolute atomic E-state index is 0. The molecule has 0 unspecified atom stereocenters. The van der Waals surface area contributed by atoms with Crippen molar-refractivity contribution in [2.24, 2.45) is 0 Å². The molecule has 0 aromatic heterocycles. The number of hydrogen-bond acceptors (Lipinski definition) is 1. The van der Waals surface area contributed by atoms with Crippen molar-refractivity contribution in [1.29, 1.82) is 0 Å². The first-order chi connectivity index (χ1) is 7.04. The van der Waals surface area contributed by atoms with E-state index in [0.717, 1.165) is 13.0 Å². The van der Waals surface area contributed by atoms with E-state index in [2.05, 4.69) is 39.9 Å². The summed E-state index contributed by atoms with van der Waals surface area (Å²) in [5.74, 6) is 0. The van der Waals surface area contributed by atoms with Crippen LogP contribution in [0.15, 0.2) is 0 Å². The van der Waals surface area contributed by atoms with Gasteiger partial charge in [-0.15, -0.1) is 0 Å². The molecule has 18 heavy (non-hydrogen) atoms. The number of benzene rings is 1. The summed E-state index contributed by atoms with van der Waals surface area (Å²) >= 11 is 0. The second-order valence-electron chi connectivity index (χ2n) is 4.65. The molecule has 0 fully saturated rings. The molecule has 1 heterocycles. The summed E-state index contributed by atoms with van der Waals surface area (Å²) in [6.45, 7) is 14.2. The quantitative estimate of drug-likeness (QED) is 0.705. The second-order valence-corrected chi connectivity index (χ2v) is 4.65. The van der Waals surface area contributed by atoms with Crippen molar-refractivity contribution in [1.82, 2.24) is 5.32 Å². The topological polar surface area (TPSA) is 12.0 Å². The van der Waals surface area contributed by atoms with Gasteiger partial charge in [0.25, 0.3) is 0 Å². The molecular weight excluding hydrogens is 295 g/mol. The first-order valence-electron chi connectivity index (χ1n) is 5.69. The molecule has 1 aromatic rings. The Balaban J connectivity index is 0. The van der Waals surface area contributed by atoms with Gasteiger partial charge in [0, 0.05) is 32.7 Å². The van der Waals surface area contributed by atoms with Gasteiger partial charge in [0.1, 0.15) is 0 Å². The van der Waals surface area contributed by atoms with Gasteiger partial charge in [0.15, 0.2) is 0 Å². The molecule has 1 nitrogen and oxygen atoms in total. The molecule has 1 N–H and O–H groups in total. The summed E-state index contributed by atoms with van der Waals surface area (Å²) in [6, 6.07) is 0.270. The van der Waals surface area contributed by atoms with Crippen LogP contribution in [0.3, 0.4) is 0 Å². The predicted molar refractivity (Wildman–Crippen MR) is 78.7 cm³/mol. The summed E-state index contributed by atoms with van der Waals surface area (Å²) in [4.78, 5) is 0. The van der Waals surface area contributed by atoms with E-state index in [0.29, 0.717) is 0 Å². The molecule has 0 spiro atoms. The van der Waals surface area contributed by atoms with E-state index >= 15 is 0 Å². The van der Waals surface area contributed by atoms with Gasteiger partial charge >= 0.3 is 0 Å². The molecular formula is C16H28NY-. The Morgan fingerprint density at radius 1 is 0.944 bits per heavy atom. The predicted octanol–water partition coefficient (Wildman–Crippen LogP) is 4.21. The van der Waals surface area contributed by atoms with Crippen molar-refractivity contribution in [3.63, 3.8) is 0 Å². The SMILES string of the molecule is C.C.[CH2-][C@@H]1NCCc2c(C)c(C)c(C)c(C)c21.[Y]. The van der Waals surface area contributed by atoms with Crippen molar-refractivity contribution in [3.8, 4) is 0 Å². The molecule has 1 aliphatic heterocycles.